The summed E-state index contributed by atoms with van der Waals surface area (Å²) < 4.78 is 39.6. The highest BCUT2D eigenvalue weighted by Gasteiger charge is 2.23. The van der Waals surface area contributed by atoms with E-state index in [1.54, 1.807) is 0 Å². The molecule has 1 aromatic carbocycles. The van der Waals surface area contributed by atoms with Gasteiger partial charge in [0, 0.05) is 6.54 Å². The molecule has 1 aromatic rings. The standard InChI is InChI=1S/C13H21FN2O2S/c1-9(13(2,3)4)8-16-19(17,18)10-5-6-11(14)12(15)7-10/h5-7,9,16H,8,15H2,1-4H3. The van der Waals surface area contributed by atoms with Crippen LogP contribution < -0.4 is 10.5 Å². The van der Waals surface area contributed by atoms with E-state index in [0.29, 0.717) is 6.54 Å². The molecule has 3 N–H and O–H groups in total. The van der Waals surface area contributed by atoms with Crippen LogP contribution in [0.4, 0.5) is 10.1 Å². The Balaban J connectivity index is 2.85. The van der Waals surface area contributed by atoms with Crippen molar-refractivity contribution in [2.75, 3.05) is 12.3 Å². The SMILES string of the molecule is CC(CNS(=O)(=O)c1ccc(F)c(N)c1)C(C)(C)C. The van der Waals surface area contributed by atoms with Crippen molar-refractivity contribution >= 4 is 15.7 Å². The first kappa shape index (κ1) is 15.9. The van der Waals surface area contributed by atoms with Gasteiger partial charge in [-0.2, -0.15) is 0 Å². The second-order valence-corrected chi connectivity index (χ2v) is 7.57. The molecule has 0 aliphatic carbocycles. The Labute approximate surface area is 114 Å². The molecule has 6 heteroatoms. The molecule has 1 rings (SSSR count). The van der Waals surface area contributed by atoms with Gasteiger partial charge in [0.2, 0.25) is 10.0 Å². The van der Waals surface area contributed by atoms with E-state index in [2.05, 4.69) is 4.72 Å². The smallest absolute Gasteiger partial charge is 0.240 e. The Hall–Kier alpha value is -1.14. The molecule has 0 fully saturated rings. The fourth-order valence-electron chi connectivity index (χ4n) is 1.31. The molecule has 0 spiro atoms. The van der Waals surface area contributed by atoms with Gasteiger partial charge < -0.3 is 5.73 Å². The van der Waals surface area contributed by atoms with E-state index >= 15 is 0 Å². The maximum Gasteiger partial charge on any atom is 0.240 e. The normalized spacial score (nSPS) is 14.4. The van der Waals surface area contributed by atoms with Crippen LogP contribution in [0, 0.1) is 17.2 Å². The molecule has 1 atom stereocenters. The number of nitrogens with two attached hydrogens (primary N) is 1. The predicted octanol–water partition coefficient (Wildman–Crippen LogP) is 2.37. The number of nitrogens with one attached hydrogen (secondary N) is 1. The molecule has 0 amide bonds. The second-order valence-electron chi connectivity index (χ2n) is 5.80. The molecule has 0 aliphatic rings. The zero-order chi connectivity index (χ0) is 14.8. The number of hydrogen-bond acceptors (Lipinski definition) is 3. The molecule has 0 saturated heterocycles. The van der Waals surface area contributed by atoms with Gasteiger partial charge in [-0.25, -0.2) is 17.5 Å². The fourth-order valence-corrected chi connectivity index (χ4v) is 2.48. The Morgan fingerprint density at radius 1 is 1.37 bits per heavy atom. The summed E-state index contributed by atoms with van der Waals surface area (Å²) in [7, 11) is -3.65. The molecule has 108 valence electrons. The molecule has 0 aromatic heterocycles. The molecule has 0 heterocycles. The summed E-state index contributed by atoms with van der Waals surface area (Å²) in [5.41, 5.74) is 5.21. The summed E-state index contributed by atoms with van der Waals surface area (Å²) in [5.74, 6) is -0.456. The first-order valence-electron chi connectivity index (χ1n) is 6.09. The predicted molar refractivity (Wildman–Crippen MR) is 74.6 cm³/mol. The van der Waals surface area contributed by atoms with E-state index in [1.807, 2.05) is 27.7 Å². The minimum Gasteiger partial charge on any atom is -0.396 e. The van der Waals surface area contributed by atoms with Crippen molar-refractivity contribution in [2.45, 2.75) is 32.6 Å². The van der Waals surface area contributed by atoms with E-state index in [1.165, 1.54) is 6.07 Å². The first-order chi connectivity index (χ1) is 8.54. The van der Waals surface area contributed by atoms with E-state index in [4.69, 9.17) is 5.73 Å². The lowest BCUT2D eigenvalue weighted by Gasteiger charge is -2.27. The number of hydrogen-bond donors (Lipinski definition) is 2. The van der Waals surface area contributed by atoms with Gasteiger partial charge in [0.25, 0.3) is 0 Å². The molecule has 19 heavy (non-hydrogen) atoms. The average molecular weight is 288 g/mol. The van der Waals surface area contributed by atoms with Crippen LogP contribution in [-0.4, -0.2) is 15.0 Å². The Morgan fingerprint density at radius 3 is 2.42 bits per heavy atom. The fraction of sp³-hybridized carbons (Fsp3) is 0.538. The summed E-state index contributed by atoms with van der Waals surface area (Å²) in [6, 6.07) is 3.38. The van der Waals surface area contributed by atoms with E-state index in [-0.39, 0.29) is 21.9 Å². The number of benzene rings is 1. The Bertz CT molecular complexity index is 550. The zero-order valence-electron chi connectivity index (χ0n) is 11.7. The van der Waals surface area contributed by atoms with Gasteiger partial charge in [0.05, 0.1) is 10.6 Å². The molecule has 0 bridgehead atoms. The minimum absolute atomic E-state index is 0.00431. The van der Waals surface area contributed by atoms with Crippen molar-refractivity contribution in [3.63, 3.8) is 0 Å². The molecule has 0 aliphatic heterocycles. The van der Waals surface area contributed by atoms with Gasteiger partial charge in [-0.3, -0.25) is 0 Å². The number of anilines is 1. The lowest BCUT2D eigenvalue weighted by atomic mass is 9.82. The maximum atomic E-state index is 13.0. The Morgan fingerprint density at radius 2 is 1.95 bits per heavy atom. The number of sulfonamides is 1. The molecule has 0 saturated carbocycles. The minimum atomic E-state index is -3.65. The van der Waals surface area contributed by atoms with Gasteiger partial charge in [-0.1, -0.05) is 27.7 Å². The van der Waals surface area contributed by atoms with Crippen molar-refractivity contribution in [2.24, 2.45) is 11.3 Å². The highest BCUT2D eigenvalue weighted by molar-refractivity contribution is 7.89. The number of rotatable bonds is 4. The van der Waals surface area contributed by atoms with E-state index < -0.39 is 15.8 Å². The lowest BCUT2D eigenvalue weighted by molar-refractivity contribution is 0.263. The van der Waals surface area contributed by atoms with Crippen molar-refractivity contribution in [1.82, 2.24) is 4.72 Å². The second kappa shape index (κ2) is 5.46. The van der Waals surface area contributed by atoms with Crippen molar-refractivity contribution in [3.8, 4) is 0 Å². The van der Waals surface area contributed by atoms with Gasteiger partial charge in [0.1, 0.15) is 5.82 Å². The summed E-state index contributed by atoms with van der Waals surface area (Å²) >= 11 is 0. The van der Waals surface area contributed by atoms with Crippen LogP contribution in [0.2, 0.25) is 0 Å². The number of nitrogen functional groups attached to an aromatic ring is 1. The van der Waals surface area contributed by atoms with Crippen LogP contribution in [0.25, 0.3) is 0 Å². The van der Waals surface area contributed by atoms with E-state index in [9.17, 15) is 12.8 Å². The maximum absolute atomic E-state index is 13.0. The topological polar surface area (TPSA) is 72.2 Å². The van der Waals surface area contributed by atoms with Gasteiger partial charge in [-0.15, -0.1) is 0 Å². The van der Waals surface area contributed by atoms with Gasteiger partial charge in [0.15, 0.2) is 0 Å². The van der Waals surface area contributed by atoms with Gasteiger partial charge in [-0.05, 0) is 29.5 Å². The van der Waals surface area contributed by atoms with Crippen molar-refractivity contribution in [3.05, 3.63) is 24.0 Å². The molecule has 1 unspecified atom stereocenters. The van der Waals surface area contributed by atoms with Crippen LogP contribution in [0.15, 0.2) is 23.1 Å². The largest absolute Gasteiger partial charge is 0.396 e. The highest BCUT2D eigenvalue weighted by atomic mass is 32.2. The number of halogens is 1. The van der Waals surface area contributed by atoms with E-state index in [0.717, 1.165) is 12.1 Å². The monoisotopic (exact) mass is 288 g/mol. The molecular formula is C13H21FN2O2S. The molecular weight excluding hydrogens is 267 g/mol. The first-order valence-corrected chi connectivity index (χ1v) is 7.57. The van der Waals surface area contributed by atoms with Crippen LogP contribution in [-0.2, 0) is 10.0 Å². The highest BCUT2D eigenvalue weighted by Crippen LogP contribution is 2.25. The lowest BCUT2D eigenvalue weighted by Crippen LogP contribution is -2.33. The third-order valence-electron chi connectivity index (χ3n) is 3.34. The van der Waals surface area contributed by atoms with Crippen molar-refractivity contribution < 1.29 is 12.8 Å². The summed E-state index contributed by atoms with van der Waals surface area (Å²) in [6.07, 6.45) is 0. The Kier molecular flexibility index (Phi) is 4.58. The van der Waals surface area contributed by atoms with Gasteiger partial charge >= 0.3 is 0 Å². The summed E-state index contributed by atoms with van der Waals surface area (Å²) in [5, 5.41) is 0. The molecule has 0 radical (unpaired) electrons. The third kappa shape index (κ3) is 4.18. The van der Waals surface area contributed by atoms with Crippen LogP contribution in [0.1, 0.15) is 27.7 Å². The third-order valence-corrected chi connectivity index (χ3v) is 4.76. The zero-order valence-corrected chi connectivity index (χ0v) is 12.5. The van der Waals surface area contributed by atoms with Crippen LogP contribution in [0.5, 0.6) is 0 Å². The quantitative estimate of drug-likeness (QED) is 0.835. The summed E-state index contributed by atoms with van der Waals surface area (Å²) in [4.78, 5) is -0.0208. The average Bonchev–Trinajstić information content (AvgIpc) is 2.28. The molecule has 4 nitrogen and oxygen atoms in total. The van der Waals surface area contributed by atoms with Crippen molar-refractivity contribution in [1.29, 1.82) is 0 Å². The van der Waals surface area contributed by atoms with Crippen LogP contribution in [0.3, 0.4) is 0 Å². The summed E-state index contributed by atoms with van der Waals surface area (Å²) in [6.45, 7) is 8.43. The van der Waals surface area contributed by atoms with Crippen LogP contribution >= 0.6 is 0 Å².